The monoisotopic (exact) mass is 377 g/mol. The molecule has 0 bridgehead atoms. The Balaban J connectivity index is 1.91. The van der Waals surface area contributed by atoms with E-state index in [1.165, 1.54) is 0 Å². The van der Waals surface area contributed by atoms with Gasteiger partial charge in [0.15, 0.2) is 5.11 Å². The quantitative estimate of drug-likeness (QED) is 0.703. The lowest BCUT2D eigenvalue weighted by Gasteiger charge is -2.29. The van der Waals surface area contributed by atoms with Crippen LogP contribution in [-0.4, -0.2) is 11.0 Å². The summed E-state index contributed by atoms with van der Waals surface area (Å²) in [7, 11) is 0. The Labute approximate surface area is 154 Å². The van der Waals surface area contributed by atoms with E-state index in [4.69, 9.17) is 23.8 Å². The van der Waals surface area contributed by atoms with Crippen LogP contribution in [0.4, 0.5) is 5.69 Å². The number of anilines is 1. The van der Waals surface area contributed by atoms with Gasteiger partial charge in [-0.3, -0.25) is 4.79 Å². The first kappa shape index (κ1) is 17.0. The minimum absolute atomic E-state index is 0.187. The van der Waals surface area contributed by atoms with Crippen LogP contribution in [0.3, 0.4) is 0 Å². The van der Waals surface area contributed by atoms with Crippen molar-refractivity contribution >= 4 is 51.9 Å². The van der Waals surface area contributed by atoms with Gasteiger partial charge >= 0.3 is 0 Å². The summed E-state index contributed by atoms with van der Waals surface area (Å²) in [6.07, 6.45) is 0. The van der Waals surface area contributed by atoms with Crippen molar-refractivity contribution in [2.24, 2.45) is 0 Å². The van der Waals surface area contributed by atoms with Crippen molar-refractivity contribution in [1.29, 1.82) is 0 Å². The molecule has 1 amide bonds. The molecule has 0 aliphatic carbocycles. The zero-order valence-corrected chi connectivity index (χ0v) is 15.5. The van der Waals surface area contributed by atoms with E-state index in [2.05, 4.69) is 16.0 Å². The maximum atomic E-state index is 12.9. The highest BCUT2D eigenvalue weighted by molar-refractivity contribution is 7.80. The fourth-order valence-corrected chi connectivity index (χ4v) is 3.77. The number of thiocarbonyl (C=S) groups is 1. The predicted molar refractivity (Wildman–Crippen MR) is 103 cm³/mol. The third-order valence-corrected chi connectivity index (χ3v) is 5.34. The summed E-state index contributed by atoms with van der Waals surface area (Å²) in [5.74, 6) is -0.187. The molecule has 0 unspecified atom stereocenters. The molecule has 3 rings (SSSR count). The minimum Gasteiger partial charge on any atom is -0.350 e. The van der Waals surface area contributed by atoms with Gasteiger partial charge in [0.05, 0.1) is 11.6 Å². The van der Waals surface area contributed by atoms with E-state index in [9.17, 15) is 4.79 Å². The SMILES string of the molecule is CC1=C(C(=O)Nc2ccc(C)c(Cl)c2)[C@@H](c2cccs2)NC(=S)N1. The first-order chi connectivity index (χ1) is 11.5. The maximum absolute atomic E-state index is 12.9. The molecule has 0 saturated heterocycles. The first-order valence-corrected chi connectivity index (χ1v) is 9.01. The molecule has 124 valence electrons. The van der Waals surface area contributed by atoms with Gasteiger partial charge in [0, 0.05) is 21.3 Å². The van der Waals surface area contributed by atoms with E-state index in [0.717, 1.165) is 16.1 Å². The van der Waals surface area contributed by atoms with Crippen molar-refractivity contribution in [2.45, 2.75) is 19.9 Å². The molecular weight excluding hydrogens is 362 g/mol. The Kier molecular flexibility index (Phi) is 4.89. The number of allylic oxidation sites excluding steroid dienone is 1. The molecule has 0 fully saturated rings. The van der Waals surface area contributed by atoms with Crippen molar-refractivity contribution in [3.05, 3.63) is 62.4 Å². The van der Waals surface area contributed by atoms with Crippen LogP contribution in [0.1, 0.15) is 23.4 Å². The number of thiophene rings is 1. The van der Waals surface area contributed by atoms with Crippen molar-refractivity contribution in [2.75, 3.05) is 5.32 Å². The van der Waals surface area contributed by atoms with Crippen LogP contribution in [0.15, 0.2) is 47.0 Å². The normalized spacial score (nSPS) is 17.3. The fraction of sp³-hybridized carbons (Fsp3) is 0.176. The maximum Gasteiger partial charge on any atom is 0.255 e. The molecule has 1 aromatic heterocycles. The lowest BCUT2D eigenvalue weighted by Crippen LogP contribution is -2.45. The smallest absolute Gasteiger partial charge is 0.255 e. The van der Waals surface area contributed by atoms with Gasteiger partial charge in [-0.25, -0.2) is 0 Å². The van der Waals surface area contributed by atoms with Gasteiger partial charge in [-0.1, -0.05) is 23.7 Å². The van der Waals surface area contributed by atoms with Gasteiger partial charge < -0.3 is 16.0 Å². The summed E-state index contributed by atoms with van der Waals surface area (Å²) in [5.41, 5.74) is 2.98. The van der Waals surface area contributed by atoms with Crippen molar-refractivity contribution in [3.8, 4) is 0 Å². The van der Waals surface area contributed by atoms with Gasteiger partial charge in [-0.05, 0) is 55.2 Å². The Bertz CT molecular complexity index is 830. The zero-order valence-electron chi connectivity index (χ0n) is 13.1. The van der Waals surface area contributed by atoms with Crippen LogP contribution >= 0.6 is 35.2 Å². The molecule has 1 aromatic carbocycles. The molecule has 2 aromatic rings. The lowest BCUT2D eigenvalue weighted by molar-refractivity contribution is -0.113. The summed E-state index contributed by atoms with van der Waals surface area (Å²) in [6, 6.07) is 9.14. The number of nitrogens with one attached hydrogen (secondary N) is 3. The molecule has 7 heteroatoms. The van der Waals surface area contributed by atoms with Crippen LogP contribution in [0.25, 0.3) is 0 Å². The van der Waals surface area contributed by atoms with Crippen LogP contribution in [-0.2, 0) is 4.79 Å². The molecule has 3 N–H and O–H groups in total. The van der Waals surface area contributed by atoms with E-state index < -0.39 is 0 Å². The summed E-state index contributed by atoms with van der Waals surface area (Å²) in [6.45, 7) is 3.77. The number of aryl methyl sites for hydroxylation is 1. The second-order valence-electron chi connectivity index (χ2n) is 5.50. The summed E-state index contributed by atoms with van der Waals surface area (Å²) in [5, 5.41) is 12.2. The lowest BCUT2D eigenvalue weighted by atomic mass is 10.0. The number of amides is 1. The van der Waals surface area contributed by atoms with Gasteiger partial charge in [0.1, 0.15) is 0 Å². The van der Waals surface area contributed by atoms with Gasteiger partial charge in [-0.2, -0.15) is 0 Å². The molecule has 4 nitrogen and oxygen atoms in total. The van der Waals surface area contributed by atoms with Crippen molar-refractivity contribution < 1.29 is 4.79 Å². The van der Waals surface area contributed by atoms with Crippen LogP contribution in [0.5, 0.6) is 0 Å². The topological polar surface area (TPSA) is 53.2 Å². The second kappa shape index (κ2) is 6.93. The van der Waals surface area contributed by atoms with Crippen LogP contribution < -0.4 is 16.0 Å². The van der Waals surface area contributed by atoms with E-state index in [0.29, 0.717) is 21.4 Å². The summed E-state index contributed by atoms with van der Waals surface area (Å²) < 4.78 is 0. The van der Waals surface area contributed by atoms with Crippen LogP contribution in [0.2, 0.25) is 5.02 Å². The minimum atomic E-state index is -0.264. The number of hydrogen-bond acceptors (Lipinski definition) is 3. The Morgan fingerprint density at radius 1 is 1.33 bits per heavy atom. The summed E-state index contributed by atoms with van der Waals surface area (Å²) in [4.78, 5) is 13.9. The largest absolute Gasteiger partial charge is 0.350 e. The average molecular weight is 378 g/mol. The van der Waals surface area contributed by atoms with Crippen LogP contribution in [0, 0.1) is 6.92 Å². The Morgan fingerprint density at radius 2 is 2.12 bits per heavy atom. The van der Waals surface area contributed by atoms with E-state index in [1.54, 1.807) is 17.4 Å². The molecule has 0 spiro atoms. The molecule has 1 atom stereocenters. The van der Waals surface area contributed by atoms with Gasteiger partial charge in [0.2, 0.25) is 0 Å². The molecule has 24 heavy (non-hydrogen) atoms. The van der Waals surface area contributed by atoms with E-state index >= 15 is 0 Å². The summed E-state index contributed by atoms with van der Waals surface area (Å²) >= 11 is 13.0. The third-order valence-electron chi connectivity index (χ3n) is 3.77. The average Bonchev–Trinajstić information content (AvgIpc) is 3.04. The molecule has 0 radical (unpaired) electrons. The van der Waals surface area contributed by atoms with Crippen molar-refractivity contribution in [3.63, 3.8) is 0 Å². The van der Waals surface area contributed by atoms with Crippen molar-refractivity contribution in [1.82, 2.24) is 10.6 Å². The highest BCUT2D eigenvalue weighted by Crippen LogP contribution is 2.31. The molecular formula is C17H16ClN3OS2. The number of halogens is 1. The van der Waals surface area contributed by atoms with E-state index in [-0.39, 0.29) is 11.9 Å². The Morgan fingerprint density at radius 3 is 2.79 bits per heavy atom. The number of hydrogen-bond donors (Lipinski definition) is 3. The predicted octanol–water partition coefficient (Wildman–Crippen LogP) is 4.14. The highest BCUT2D eigenvalue weighted by atomic mass is 35.5. The first-order valence-electron chi connectivity index (χ1n) is 7.35. The van der Waals surface area contributed by atoms with Gasteiger partial charge in [-0.15, -0.1) is 11.3 Å². The van der Waals surface area contributed by atoms with Gasteiger partial charge in [0.25, 0.3) is 5.91 Å². The number of benzene rings is 1. The molecule has 2 heterocycles. The van der Waals surface area contributed by atoms with E-state index in [1.807, 2.05) is 43.5 Å². The number of carbonyl (C=O) groups excluding carboxylic acids is 1. The zero-order chi connectivity index (χ0) is 17.3. The molecule has 1 aliphatic heterocycles. The fourth-order valence-electron chi connectivity index (χ4n) is 2.53. The number of carbonyl (C=O) groups is 1. The molecule has 1 aliphatic rings. The Hall–Kier alpha value is -1.89. The standard InChI is InChI=1S/C17H16ClN3OS2/c1-9-5-6-11(8-12(9)18)20-16(22)14-10(2)19-17(23)21-15(14)13-4-3-7-24-13/h3-8,15H,1-2H3,(H,20,22)(H2,19,21,23)/t15-/m1/s1. The highest BCUT2D eigenvalue weighted by Gasteiger charge is 2.30. The molecule has 0 saturated carbocycles. The second-order valence-corrected chi connectivity index (χ2v) is 7.30. The third kappa shape index (κ3) is 3.45. The number of rotatable bonds is 3.